The molecule has 2 heterocycles. The fraction of sp³-hybridized carbons (Fsp3) is 0.647. The monoisotopic (exact) mass is 336 g/mol. The second kappa shape index (κ2) is 9.44. The normalized spacial score (nSPS) is 16.7. The number of hydrogen-bond donors (Lipinski definition) is 2. The molecule has 1 fully saturated rings. The van der Waals surface area contributed by atoms with Crippen molar-refractivity contribution in [1.82, 2.24) is 20.5 Å². The van der Waals surface area contributed by atoms with Crippen LogP contribution in [-0.4, -0.2) is 60.9 Å². The van der Waals surface area contributed by atoms with Crippen molar-refractivity contribution in [3.05, 3.63) is 23.9 Å². The molecule has 1 saturated heterocycles. The molecule has 1 aliphatic rings. The number of aromatic nitrogens is 1. The molecule has 7 nitrogen and oxygen atoms in total. The predicted molar refractivity (Wildman–Crippen MR) is 92.1 cm³/mol. The van der Waals surface area contributed by atoms with Crippen LogP contribution in [0, 0.1) is 0 Å². The summed E-state index contributed by atoms with van der Waals surface area (Å²) in [4.78, 5) is 18.6. The number of nitrogens with one attached hydrogen (secondary N) is 2. The summed E-state index contributed by atoms with van der Waals surface area (Å²) in [7, 11) is 0. The lowest BCUT2D eigenvalue weighted by Crippen LogP contribution is -2.48. The highest BCUT2D eigenvalue weighted by Gasteiger charge is 2.15. The van der Waals surface area contributed by atoms with Crippen molar-refractivity contribution in [2.75, 3.05) is 32.8 Å². The van der Waals surface area contributed by atoms with Gasteiger partial charge in [-0.1, -0.05) is 6.07 Å². The molecule has 2 amide bonds. The van der Waals surface area contributed by atoms with Crippen molar-refractivity contribution in [3.63, 3.8) is 0 Å². The van der Waals surface area contributed by atoms with Crippen LogP contribution in [0.15, 0.2) is 18.3 Å². The zero-order valence-corrected chi connectivity index (χ0v) is 14.7. The van der Waals surface area contributed by atoms with E-state index in [2.05, 4.69) is 20.5 Å². The van der Waals surface area contributed by atoms with Crippen LogP contribution >= 0.6 is 0 Å². The first-order valence-corrected chi connectivity index (χ1v) is 8.49. The molecule has 1 atom stereocenters. The second-order valence-electron chi connectivity index (χ2n) is 6.28. The highest BCUT2D eigenvalue weighted by Crippen LogP contribution is 2.15. The minimum absolute atomic E-state index is 0.0426. The van der Waals surface area contributed by atoms with Crippen LogP contribution in [0.5, 0.6) is 5.88 Å². The summed E-state index contributed by atoms with van der Waals surface area (Å²) in [5.74, 6) is 0.564. The molecule has 1 unspecified atom stereocenters. The molecule has 1 aromatic heterocycles. The number of nitrogens with zero attached hydrogens (tertiary/aromatic N) is 2. The van der Waals surface area contributed by atoms with E-state index in [0.717, 1.165) is 38.4 Å². The standard InChI is InChI=1S/C17H28N4O3/c1-13(2)24-16-15(5-4-6-18-16)11-19-17(22)20-14(3)12-21-7-9-23-10-8-21/h4-6,13-14H,7-12H2,1-3H3,(H2,19,20,22). The molecule has 0 spiro atoms. The summed E-state index contributed by atoms with van der Waals surface area (Å²) >= 11 is 0. The van der Waals surface area contributed by atoms with Gasteiger partial charge in [0.1, 0.15) is 0 Å². The Morgan fingerprint density at radius 2 is 2.12 bits per heavy atom. The summed E-state index contributed by atoms with van der Waals surface area (Å²) in [5, 5.41) is 5.83. The third-order valence-electron chi connectivity index (χ3n) is 3.65. The molecule has 0 saturated carbocycles. The van der Waals surface area contributed by atoms with Gasteiger partial charge in [0, 0.05) is 44.0 Å². The van der Waals surface area contributed by atoms with Crippen LogP contribution in [0.4, 0.5) is 4.79 Å². The predicted octanol–water partition coefficient (Wildman–Crippen LogP) is 1.39. The van der Waals surface area contributed by atoms with Crippen LogP contribution in [0.25, 0.3) is 0 Å². The van der Waals surface area contributed by atoms with Crippen molar-refractivity contribution in [2.45, 2.75) is 39.5 Å². The lowest BCUT2D eigenvalue weighted by molar-refractivity contribution is 0.0349. The maximum Gasteiger partial charge on any atom is 0.315 e. The minimum Gasteiger partial charge on any atom is -0.475 e. The van der Waals surface area contributed by atoms with Gasteiger partial charge in [0.15, 0.2) is 0 Å². The summed E-state index contributed by atoms with van der Waals surface area (Å²) in [6.45, 7) is 10.5. The summed E-state index contributed by atoms with van der Waals surface area (Å²) < 4.78 is 11.0. The van der Waals surface area contributed by atoms with E-state index in [1.165, 1.54) is 0 Å². The fourth-order valence-electron chi connectivity index (χ4n) is 2.56. The molecule has 1 aliphatic heterocycles. The third-order valence-corrected chi connectivity index (χ3v) is 3.65. The summed E-state index contributed by atoms with van der Waals surface area (Å²) in [6, 6.07) is 3.63. The largest absolute Gasteiger partial charge is 0.475 e. The molecule has 0 aromatic carbocycles. The van der Waals surface area contributed by atoms with E-state index in [1.807, 2.05) is 32.9 Å². The van der Waals surface area contributed by atoms with E-state index in [1.54, 1.807) is 6.20 Å². The van der Waals surface area contributed by atoms with E-state index in [4.69, 9.17) is 9.47 Å². The average molecular weight is 336 g/mol. The zero-order valence-electron chi connectivity index (χ0n) is 14.7. The van der Waals surface area contributed by atoms with Gasteiger partial charge < -0.3 is 20.1 Å². The van der Waals surface area contributed by atoms with E-state index < -0.39 is 0 Å². The Kier molecular flexibility index (Phi) is 7.27. The number of carbonyl (C=O) groups excluding carboxylic acids is 1. The Morgan fingerprint density at radius 1 is 1.38 bits per heavy atom. The van der Waals surface area contributed by atoms with Crippen LogP contribution in [-0.2, 0) is 11.3 Å². The van der Waals surface area contributed by atoms with Gasteiger partial charge in [0.2, 0.25) is 5.88 Å². The van der Waals surface area contributed by atoms with E-state index in [0.29, 0.717) is 12.4 Å². The first-order valence-electron chi connectivity index (χ1n) is 8.49. The van der Waals surface area contributed by atoms with Gasteiger partial charge in [-0.25, -0.2) is 9.78 Å². The van der Waals surface area contributed by atoms with Crippen molar-refractivity contribution < 1.29 is 14.3 Å². The third kappa shape index (κ3) is 6.33. The van der Waals surface area contributed by atoms with Gasteiger partial charge in [0.05, 0.1) is 19.3 Å². The number of pyridine rings is 1. The van der Waals surface area contributed by atoms with Crippen molar-refractivity contribution in [3.8, 4) is 5.88 Å². The zero-order chi connectivity index (χ0) is 17.4. The number of amides is 2. The topological polar surface area (TPSA) is 75.7 Å². The molecule has 7 heteroatoms. The fourth-order valence-corrected chi connectivity index (χ4v) is 2.56. The maximum absolute atomic E-state index is 12.1. The average Bonchev–Trinajstić information content (AvgIpc) is 2.54. The maximum atomic E-state index is 12.1. The molecule has 0 aliphatic carbocycles. The molecular weight excluding hydrogens is 308 g/mol. The Labute approximate surface area is 143 Å². The van der Waals surface area contributed by atoms with Crippen molar-refractivity contribution in [1.29, 1.82) is 0 Å². The number of carbonyl (C=O) groups is 1. The smallest absolute Gasteiger partial charge is 0.315 e. The van der Waals surface area contributed by atoms with Crippen molar-refractivity contribution in [2.24, 2.45) is 0 Å². The number of morpholine rings is 1. The van der Waals surface area contributed by atoms with Crippen molar-refractivity contribution >= 4 is 6.03 Å². The molecule has 2 N–H and O–H groups in total. The number of rotatable bonds is 7. The molecule has 2 rings (SSSR count). The Bertz CT molecular complexity index is 518. The van der Waals surface area contributed by atoms with Gasteiger partial charge in [-0.3, -0.25) is 4.90 Å². The first kappa shape index (κ1) is 18.5. The van der Waals surface area contributed by atoms with Gasteiger partial charge >= 0.3 is 6.03 Å². The van der Waals surface area contributed by atoms with Crippen LogP contribution in [0.3, 0.4) is 0 Å². The summed E-state index contributed by atoms with van der Waals surface area (Å²) in [6.07, 6.45) is 1.73. The van der Waals surface area contributed by atoms with Crippen LogP contribution in [0.2, 0.25) is 0 Å². The Morgan fingerprint density at radius 3 is 2.83 bits per heavy atom. The first-order chi connectivity index (χ1) is 11.5. The van der Waals surface area contributed by atoms with E-state index in [-0.39, 0.29) is 18.2 Å². The number of ether oxygens (including phenoxy) is 2. The minimum atomic E-state index is -0.185. The second-order valence-corrected chi connectivity index (χ2v) is 6.28. The van der Waals surface area contributed by atoms with Gasteiger partial charge in [-0.2, -0.15) is 0 Å². The molecule has 0 bridgehead atoms. The molecule has 0 radical (unpaired) electrons. The van der Waals surface area contributed by atoms with E-state index in [9.17, 15) is 4.79 Å². The lowest BCUT2D eigenvalue weighted by Gasteiger charge is -2.29. The van der Waals surface area contributed by atoms with Crippen LogP contribution < -0.4 is 15.4 Å². The van der Waals surface area contributed by atoms with Gasteiger partial charge in [-0.05, 0) is 26.8 Å². The van der Waals surface area contributed by atoms with Gasteiger partial charge in [-0.15, -0.1) is 0 Å². The Balaban J connectivity index is 1.76. The number of hydrogen-bond acceptors (Lipinski definition) is 5. The SMILES string of the molecule is CC(CN1CCOCC1)NC(=O)NCc1cccnc1OC(C)C. The highest BCUT2D eigenvalue weighted by molar-refractivity contribution is 5.74. The lowest BCUT2D eigenvalue weighted by atomic mass is 10.2. The molecular formula is C17H28N4O3. The van der Waals surface area contributed by atoms with Crippen LogP contribution in [0.1, 0.15) is 26.3 Å². The quantitative estimate of drug-likeness (QED) is 0.787. The highest BCUT2D eigenvalue weighted by atomic mass is 16.5. The molecule has 134 valence electrons. The molecule has 24 heavy (non-hydrogen) atoms. The van der Waals surface area contributed by atoms with E-state index >= 15 is 0 Å². The summed E-state index contributed by atoms with van der Waals surface area (Å²) in [5.41, 5.74) is 0.863. The molecule has 1 aromatic rings. The number of urea groups is 1. The Hall–Kier alpha value is -1.86. The van der Waals surface area contributed by atoms with Gasteiger partial charge in [0.25, 0.3) is 0 Å².